The number of nitrogens with zero attached hydrogens (tertiary/aromatic N) is 3. The largest absolute Gasteiger partial charge is 0.497 e. The first-order chi connectivity index (χ1) is 20.3. The molecule has 0 bridgehead atoms. The molecule has 1 unspecified atom stereocenters. The second kappa shape index (κ2) is 11.3. The van der Waals surface area contributed by atoms with Crippen molar-refractivity contribution in [1.82, 2.24) is 9.13 Å². The lowest BCUT2D eigenvalue weighted by molar-refractivity contribution is -0.143. The maximum atomic E-state index is 14.1. The van der Waals surface area contributed by atoms with Gasteiger partial charge in [-0.1, -0.05) is 72.0 Å². The van der Waals surface area contributed by atoms with E-state index >= 15 is 0 Å². The second-order valence-corrected chi connectivity index (χ2v) is 11.5. The number of fused-ring (bicyclic) bond motifs is 2. The second-order valence-electron chi connectivity index (χ2n) is 10.5. The number of carbonyl (C=O) groups excluding carboxylic acids is 1. The number of hydrogen-bond acceptors (Lipinski definition) is 6. The highest BCUT2D eigenvalue weighted by molar-refractivity contribution is 7.07. The summed E-state index contributed by atoms with van der Waals surface area (Å²) in [5.41, 5.74) is 4.68. The molecular formula is C34H31N3O4S. The molecule has 42 heavy (non-hydrogen) atoms. The third kappa shape index (κ3) is 5.10. The Labute approximate surface area is 247 Å². The number of hydrogen-bond donors (Lipinski definition) is 0. The van der Waals surface area contributed by atoms with Crippen molar-refractivity contribution >= 4 is 34.3 Å². The summed E-state index contributed by atoms with van der Waals surface area (Å²) in [5, 5.41) is 1.06. The highest BCUT2D eigenvalue weighted by Gasteiger charge is 2.33. The third-order valence-corrected chi connectivity index (χ3v) is 8.30. The molecule has 3 aromatic carbocycles. The number of rotatable bonds is 7. The van der Waals surface area contributed by atoms with Crippen molar-refractivity contribution in [2.45, 2.75) is 39.5 Å². The van der Waals surface area contributed by atoms with Crippen molar-refractivity contribution in [3.63, 3.8) is 0 Å². The molecular weight excluding hydrogens is 546 g/mol. The van der Waals surface area contributed by atoms with Gasteiger partial charge in [-0.2, -0.15) is 0 Å². The maximum absolute atomic E-state index is 14.1. The van der Waals surface area contributed by atoms with E-state index in [0.29, 0.717) is 32.9 Å². The maximum Gasteiger partial charge on any atom is 0.338 e. The van der Waals surface area contributed by atoms with E-state index in [1.165, 1.54) is 16.9 Å². The zero-order valence-electron chi connectivity index (χ0n) is 23.9. The standard InChI is InChI=1S/C34H31N3O4S/c1-21(2)41-33(39)30-22(3)35-34-37(31(30)24-14-16-26(40-4)17-15-24)32(38)29(42-34)18-25-20-36(19-23-10-6-5-7-11-23)28-13-9-8-12-27(25)28/h5-18,20-21,31H,19H2,1-4H3. The van der Waals surface area contributed by atoms with Gasteiger partial charge in [-0.05, 0) is 56.2 Å². The van der Waals surface area contributed by atoms with Crippen molar-refractivity contribution in [2.75, 3.05) is 7.11 Å². The number of benzene rings is 3. The van der Waals surface area contributed by atoms with Crippen LogP contribution in [-0.2, 0) is 16.1 Å². The van der Waals surface area contributed by atoms with Crippen LogP contribution in [-0.4, -0.2) is 28.3 Å². The van der Waals surface area contributed by atoms with Crippen LogP contribution in [0.3, 0.4) is 0 Å². The first-order valence-electron chi connectivity index (χ1n) is 13.8. The van der Waals surface area contributed by atoms with E-state index in [9.17, 15) is 9.59 Å². The van der Waals surface area contributed by atoms with Crippen LogP contribution < -0.4 is 19.6 Å². The molecule has 3 heterocycles. The van der Waals surface area contributed by atoms with Gasteiger partial charge in [0.2, 0.25) is 0 Å². The van der Waals surface area contributed by atoms with Crippen molar-refractivity contribution in [2.24, 2.45) is 4.99 Å². The zero-order valence-corrected chi connectivity index (χ0v) is 24.7. The summed E-state index contributed by atoms with van der Waals surface area (Å²) in [6.07, 6.45) is 3.71. The number of carbonyl (C=O) groups is 1. The predicted octanol–water partition coefficient (Wildman–Crippen LogP) is 5.20. The molecule has 0 radical (unpaired) electrons. The van der Waals surface area contributed by atoms with Crippen molar-refractivity contribution in [3.05, 3.63) is 133 Å². The van der Waals surface area contributed by atoms with Crippen LogP contribution >= 0.6 is 11.3 Å². The Morgan fingerprint density at radius 2 is 1.74 bits per heavy atom. The Bertz CT molecular complexity index is 2000. The molecule has 1 aliphatic heterocycles. The van der Waals surface area contributed by atoms with Crippen LogP contribution in [0.1, 0.15) is 43.5 Å². The quantitative estimate of drug-likeness (QED) is 0.249. The number of methoxy groups -OCH3 is 1. The molecule has 0 spiro atoms. The minimum Gasteiger partial charge on any atom is -0.497 e. The molecule has 0 saturated heterocycles. The number of para-hydroxylation sites is 1. The summed E-state index contributed by atoms with van der Waals surface area (Å²) < 4.78 is 15.3. The fourth-order valence-corrected chi connectivity index (χ4v) is 6.44. The molecule has 5 aromatic rings. The molecule has 6 rings (SSSR count). The number of esters is 1. The van der Waals surface area contributed by atoms with Crippen LogP contribution in [0, 0.1) is 0 Å². The lowest BCUT2D eigenvalue weighted by atomic mass is 9.96. The number of aromatic nitrogens is 2. The Hall–Kier alpha value is -4.69. The summed E-state index contributed by atoms with van der Waals surface area (Å²) in [4.78, 5) is 32.8. The molecule has 1 atom stereocenters. The summed E-state index contributed by atoms with van der Waals surface area (Å²) in [6, 6.07) is 25.2. The van der Waals surface area contributed by atoms with E-state index in [2.05, 4.69) is 35.0 Å². The van der Waals surface area contributed by atoms with Gasteiger partial charge in [-0.3, -0.25) is 9.36 Å². The topological polar surface area (TPSA) is 74.8 Å². The van der Waals surface area contributed by atoms with Crippen LogP contribution in [0.5, 0.6) is 5.75 Å². The van der Waals surface area contributed by atoms with Gasteiger partial charge in [-0.15, -0.1) is 0 Å². The molecule has 0 saturated carbocycles. The van der Waals surface area contributed by atoms with E-state index in [0.717, 1.165) is 22.0 Å². The van der Waals surface area contributed by atoms with Gasteiger partial charge in [0.15, 0.2) is 4.80 Å². The molecule has 2 aromatic heterocycles. The minimum atomic E-state index is -0.681. The molecule has 0 N–H and O–H groups in total. The first-order valence-corrected chi connectivity index (χ1v) is 14.6. The highest BCUT2D eigenvalue weighted by atomic mass is 32.1. The molecule has 0 fully saturated rings. The van der Waals surface area contributed by atoms with E-state index in [-0.39, 0.29) is 11.7 Å². The normalized spacial score (nSPS) is 15.2. The molecule has 0 amide bonds. The summed E-state index contributed by atoms with van der Waals surface area (Å²) in [5.74, 6) is 0.204. The average molecular weight is 578 g/mol. The lowest BCUT2D eigenvalue weighted by Gasteiger charge is -2.25. The fourth-order valence-electron chi connectivity index (χ4n) is 5.40. The Morgan fingerprint density at radius 3 is 2.45 bits per heavy atom. The fraction of sp³-hybridized carbons (Fsp3) is 0.206. The summed E-state index contributed by atoms with van der Waals surface area (Å²) in [6.45, 7) is 6.12. The molecule has 7 nitrogen and oxygen atoms in total. The third-order valence-electron chi connectivity index (χ3n) is 7.32. The monoisotopic (exact) mass is 577 g/mol. The smallest absolute Gasteiger partial charge is 0.338 e. The average Bonchev–Trinajstić information content (AvgIpc) is 3.48. The van der Waals surface area contributed by atoms with Gasteiger partial charge in [0, 0.05) is 29.2 Å². The van der Waals surface area contributed by atoms with E-state index in [1.807, 2.05) is 60.7 Å². The van der Waals surface area contributed by atoms with Gasteiger partial charge in [-0.25, -0.2) is 9.79 Å². The van der Waals surface area contributed by atoms with Crippen LogP contribution in [0.25, 0.3) is 17.0 Å². The zero-order chi connectivity index (χ0) is 29.4. The predicted molar refractivity (Wildman–Crippen MR) is 165 cm³/mol. The van der Waals surface area contributed by atoms with Crippen LogP contribution in [0.4, 0.5) is 0 Å². The molecule has 8 heteroatoms. The van der Waals surface area contributed by atoms with Gasteiger partial charge >= 0.3 is 5.97 Å². The lowest BCUT2D eigenvalue weighted by Crippen LogP contribution is -2.40. The van der Waals surface area contributed by atoms with E-state index in [1.54, 1.807) is 32.4 Å². The van der Waals surface area contributed by atoms with E-state index < -0.39 is 12.0 Å². The summed E-state index contributed by atoms with van der Waals surface area (Å²) >= 11 is 1.32. The number of allylic oxidation sites excluding steroid dienone is 1. The number of ether oxygens (including phenoxy) is 2. The van der Waals surface area contributed by atoms with Gasteiger partial charge < -0.3 is 14.0 Å². The first kappa shape index (κ1) is 27.5. The van der Waals surface area contributed by atoms with Gasteiger partial charge in [0.1, 0.15) is 5.75 Å². The SMILES string of the molecule is COc1ccc(C2C(C(=O)OC(C)C)=C(C)N=c3sc(=Cc4cn(Cc5ccccc5)c5ccccc45)c(=O)n32)cc1. The highest BCUT2D eigenvalue weighted by Crippen LogP contribution is 2.32. The van der Waals surface area contributed by atoms with Crippen molar-refractivity contribution in [1.29, 1.82) is 0 Å². The van der Waals surface area contributed by atoms with Crippen molar-refractivity contribution < 1.29 is 14.3 Å². The van der Waals surface area contributed by atoms with Crippen molar-refractivity contribution in [3.8, 4) is 5.75 Å². The summed E-state index contributed by atoms with van der Waals surface area (Å²) in [7, 11) is 1.60. The van der Waals surface area contributed by atoms with Crippen LogP contribution in [0.2, 0.25) is 0 Å². The van der Waals surface area contributed by atoms with Gasteiger partial charge in [0.05, 0.1) is 35.1 Å². The molecule has 0 aliphatic carbocycles. The van der Waals surface area contributed by atoms with Gasteiger partial charge in [0.25, 0.3) is 5.56 Å². The number of thiazole rings is 1. The molecule has 1 aliphatic rings. The minimum absolute atomic E-state index is 0.207. The Kier molecular flexibility index (Phi) is 7.39. The Balaban J connectivity index is 1.51. The molecule has 212 valence electrons. The Morgan fingerprint density at radius 1 is 1.02 bits per heavy atom. The van der Waals surface area contributed by atoms with E-state index in [4.69, 9.17) is 14.5 Å². The van der Waals surface area contributed by atoms with Crippen LogP contribution in [0.15, 0.2) is 106 Å².